The van der Waals surface area contributed by atoms with Crippen LogP contribution in [0.4, 0.5) is 0 Å². The Labute approximate surface area is 174 Å². The molecule has 4 heteroatoms. The minimum absolute atomic E-state index is 0.0544. The summed E-state index contributed by atoms with van der Waals surface area (Å²) < 4.78 is 11.4. The molecule has 3 fully saturated rings. The Balaban J connectivity index is 1.41. The summed E-state index contributed by atoms with van der Waals surface area (Å²) in [7, 11) is 0. The van der Waals surface area contributed by atoms with Gasteiger partial charge in [-0.1, -0.05) is 25.5 Å². The van der Waals surface area contributed by atoms with Crippen LogP contribution in [0.1, 0.15) is 70.8 Å². The van der Waals surface area contributed by atoms with Crippen molar-refractivity contribution in [2.75, 3.05) is 13.2 Å². The van der Waals surface area contributed by atoms with Crippen molar-refractivity contribution in [3.05, 3.63) is 35.8 Å². The van der Waals surface area contributed by atoms with E-state index in [1.165, 1.54) is 19.3 Å². The third-order valence-corrected chi connectivity index (χ3v) is 9.68. The van der Waals surface area contributed by atoms with Gasteiger partial charge in [-0.3, -0.25) is 0 Å². The van der Waals surface area contributed by atoms with Gasteiger partial charge in [-0.2, -0.15) is 0 Å². The molecule has 29 heavy (non-hydrogen) atoms. The summed E-state index contributed by atoms with van der Waals surface area (Å²) in [5, 5.41) is 11.8. The van der Waals surface area contributed by atoms with Crippen molar-refractivity contribution in [3.63, 3.8) is 0 Å². The lowest BCUT2D eigenvalue weighted by Crippen LogP contribution is -2.53. The summed E-state index contributed by atoms with van der Waals surface area (Å²) in [5.74, 6) is 2.01. The highest BCUT2D eigenvalue weighted by Crippen LogP contribution is 2.69. The second kappa shape index (κ2) is 6.96. The Morgan fingerprint density at radius 3 is 2.76 bits per heavy atom. The number of aliphatic hydroxyl groups is 1. The molecule has 4 aliphatic rings. The lowest BCUT2D eigenvalue weighted by atomic mass is 9.46. The van der Waals surface area contributed by atoms with E-state index >= 15 is 0 Å². The van der Waals surface area contributed by atoms with E-state index in [1.807, 2.05) is 6.07 Å². The van der Waals surface area contributed by atoms with Gasteiger partial charge in [0.25, 0.3) is 0 Å². The zero-order valence-corrected chi connectivity index (χ0v) is 18.0. The number of hydrogen-bond acceptors (Lipinski definition) is 4. The molecule has 0 aliphatic heterocycles. The van der Waals surface area contributed by atoms with Crippen molar-refractivity contribution in [1.29, 1.82) is 0 Å². The van der Waals surface area contributed by atoms with E-state index in [-0.39, 0.29) is 5.41 Å². The molecule has 0 saturated heterocycles. The molecule has 5 rings (SSSR count). The fourth-order valence-corrected chi connectivity index (χ4v) is 7.99. The molecule has 1 aromatic heterocycles. The largest absolute Gasteiger partial charge is 0.472 e. The van der Waals surface area contributed by atoms with Crippen molar-refractivity contribution >= 4 is 0 Å². The van der Waals surface area contributed by atoms with Gasteiger partial charge < -0.3 is 20.0 Å². The highest BCUT2D eigenvalue weighted by molar-refractivity contribution is 5.29. The number of rotatable bonds is 4. The maximum Gasteiger partial charge on any atom is 0.0983 e. The highest BCUT2D eigenvalue weighted by Gasteiger charge is 2.64. The number of hydrogen-bond donors (Lipinski definition) is 2. The molecule has 1 heterocycles. The van der Waals surface area contributed by atoms with Crippen LogP contribution in [0.5, 0.6) is 0 Å². The molecule has 0 spiro atoms. The van der Waals surface area contributed by atoms with Gasteiger partial charge in [0.15, 0.2) is 0 Å². The zero-order valence-electron chi connectivity index (χ0n) is 18.0. The van der Waals surface area contributed by atoms with E-state index in [0.29, 0.717) is 36.5 Å². The van der Waals surface area contributed by atoms with Gasteiger partial charge in [-0.05, 0) is 80.6 Å². The first-order chi connectivity index (χ1) is 13.9. The van der Waals surface area contributed by atoms with Crippen molar-refractivity contribution in [3.8, 4) is 0 Å². The average Bonchev–Trinajstić information content (AvgIpc) is 3.34. The number of nitrogens with two attached hydrogens (primary N) is 1. The summed E-state index contributed by atoms with van der Waals surface area (Å²) in [4.78, 5) is 0. The second-order valence-electron chi connectivity index (χ2n) is 10.7. The zero-order chi connectivity index (χ0) is 20.3. The summed E-state index contributed by atoms with van der Waals surface area (Å²) in [6.07, 6.45) is 15.3. The van der Waals surface area contributed by atoms with E-state index in [2.05, 4.69) is 19.9 Å². The Hall–Kier alpha value is -1.10. The molecule has 1 aromatic rings. The SMILES string of the molecule is C[C@]12CC[C@H](OCCN)CC1=CC[C@@H]1[C@@H]2CC[C@@]2(C)[C@H]1CC[C@@]2(O)c1ccoc1. The van der Waals surface area contributed by atoms with Crippen molar-refractivity contribution in [1.82, 2.24) is 0 Å². The third kappa shape index (κ3) is 2.75. The smallest absolute Gasteiger partial charge is 0.0983 e. The lowest BCUT2D eigenvalue weighted by molar-refractivity contribution is -0.130. The molecule has 160 valence electrons. The minimum Gasteiger partial charge on any atom is -0.472 e. The molecule has 0 radical (unpaired) electrons. The van der Waals surface area contributed by atoms with Crippen LogP contribution in [0.2, 0.25) is 0 Å². The van der Waals surface area contributed by atoms with E-state index in [0.717, 1.165) is 43.6 Å². The Morgan fingerprint density at radius 1 is 1.17 bits per heavy atom. The van der Waals surface area contributed by atoms with E-state index in [1.54, 1.807) is 18.1 Å². The molecule has 3 N–H and O–H groups in total. The number of furan rings is 1. The average molecular weight is 400 g/mol. The first-order valence-electron chi connectivity index (χ1n) is 11.7. The van der Waals surface area contributed by atoms with Crippen LogP contribution < -0.4 is 5.73 Å². The van der Waals surface area contributed by atoms with Crippen LogP contribution in [0, 0.1) is 28.6 Å². The topological polar surface area (TPSA) is 68.6 Å². The van der Waals surface area contributed by atoms with Gasteiger partial charge in [0.05, 0.1) is 30.8 Å². The van der Waals surface area contributed by atoms with E-state index in [9.17, 15) is 5.11 Å². The normalized spacial score (nSPS) is 46.6. The van der Waals surface area contributed by atoms with E-state index in [4.69, 9.17) is 14.9 Å². The van der Waals surface area contributed by atoms with Crippen LogP contribution in [-0.2, 0) is 10.3 Å². The first-order valence-corrected chi connectivity index (χ1v) is 11.7. The van der Waals surface area contributed by atoms with Gasteiger partial charge in [0.1, 0.15) is 0 Å². The second-order valence-corrected chi connectivity index (χ2v) is 10.7. The lowest BCUT2D eigenvalue weighted by Gasteiger charge is -2.59. The van der Waals surface area contributed by atoms with Crippen LogP contribution in [0.15, 0.2) is 34.7 Å². The maximum absolute atomic E-state index is 11.8. The molecule has 0 bridgehead atoms. The standard InChI is InChI=1S/C25H37NO3/c1-23-9-5-19(29-14-12-26)15-17(23)3-4-20-21(23)6-10-24(2)22(20)7-11-25(24,27)18-8-13-28-16-18/h3,8,13,16,19-22,27H,4-7,9-12,14-15,26H2,1-2H3/t19-,20+,21-,22-,23-,24-,25+/m0/s1. The fraction of sp³-hybridized carbons (Fsp3) is 0.760. The van der Waals surface area contributed by atoms with Gasteiger partial charge in [0.2, 0.25) is 0 Å². The van der Waals surface area contributed by atoms with Gasteiger partial charge in [-0.15, -0.1) is 0 Å². The highest BCUT2D eigenvalue weighted by atomic mass is 16.5. The van der Waals surface area contributed by atoms with Crippen LogP contribution >= 0.6 is 0 Å². The van der Waals surface area contributed by atoms with Crippen molar-refractivity contribution in [2.24, 2.45) is 34.3 Å². The van der Waals surface area contributed by atoms with Gasteiger partial charge >= 0.3 is 0 Å². The molecule has 4 aliphatic carbocycles. The first kappa shape index (κ1) is 19.8. The summed E-state index contributed by atoms with van der Waals surface area (Å²) in [6, 6.07) is 1.97. The predicted molar refractivity (Wildman–Crippen MR) is 113 cm³/mol. The van der Waals surface area contributed by atoms with Crippen molar-refractivity contribution < 1.29 is 14.3 Å². The monoisotopic (exact) mass is 399 g/mol. The molecule has 3 saturated carbocycles. The Morgan fingerprint density at radius 2 is 2.00 bits per heavy atom. The molecule has 4 nitrogen and oxygen atoms in total. The third-order valence-electron chi connectivity index (χ3n) is 9.68. The number of fused-ring (bicyclic) bond motifs is 5. The number of ether oxygens (including phenoxy) is 1. The predicted octanol–water partition coefficient (Wildman–Crippen LogP) is 4.77. The molecule has 0 unspecified atom stereocenters. The Kier molecular flexibility index (Phi) is 4.76. The van der Waals surface area contributed by atoms with Crippen LogP contribution in [0.3, 0.4) is 0 Å². The minimum atomic E-state index is -0.742. The molecular formula is C25H37NO3. The molecule has 7 atom stereocenters. The van der Waals surface area contributed by atoms with Crippen molar-refractivity contribution in [2.45, 2.75) is 76.9 Å². The summed E-state index contributed by atoms with van der Waals surface area (Å²) >= 11 is 0. The summed E-state index contributed by atoms with van der Waals surface area (Å²) in [5.41, 5.74) is 7.78. The van der Waals surface area contributed by atoms with Crippen LogP contribution in [0.25, 0.3) is 0 Å². The molecular weight excluding hydrogens is 362 g/mol. The van der Waals surface area contributed by atoms with Crippen LogP contribution in [-0.4, -0.2) is 24.4 Å². The van der Waals surface area contributed by atoms with Gasteiger partial charge in [-0.25, -0.2) is 0 Å². The number of allylic oxidation sites excluding steroid dienone is 1. The molecule has 0 aromatic carbocycles. The quantitative estimate of drug-likeness (QED) is 0.715. The molecule has 0 amide bonds. The maximum atomic E-state index is 11.8. The fourth-order valence-electron chi connectivity index (χ4n) is 7.99. The van der Waals surface area contributed by atoms with Gasteiger partial charge in [0, 0.05) is 17.5 Å². The summed E-state index contributed by atoms with van der Waals surface area (Å²) in [6.45, 7) is 6.16. The Bertz CT molecular complexity index is 773. The van der Waals surface area contributed by atoms with E-state index < -0.39 is 5.60 Å².